The van der Waals surface area contributed by atoms with Crippen LogP contribution in [0, 0.1) is 10.1 Å². The predicted molar refractivity (Wildman–Crippen MR) is 97.1 cm³/mol. The average Bonchev–Trinajstić information content (AvgIpc) is 3.11. The normalized spacial score (nSPS) is 15.8. The van der Waals surface area contributed by atoms with Gasteiger partial charge in [-0.05, 0) is 24.3 Å². The van der Waals surface area contributed by atoms with Crippen molar-refractivity contribution in [1.82, 2.24) is 9.21 Å². The third-order valence-corrected chi connectivity index (χ3v) is 7.10. The highest BCUT2D eigenvalue weighted by molar-refractivity contribution is 7.89. The van der Waals surface area contributed by atoms with Crippen LogP contribution in [-0.2, 0) is 10.0 Å². The summed E-state index contributed by atoms with van der Waals surface area (Å²) in [6.07, 6.45) is 0. The van der Waals surface area contributed by atoms with Crippen LogP contribution >= 0.6 is 22.9 Å². The van der Waals surface area contributed by atoms with E-state index < -0.39 is 14.9 Å². The quantitative estimate of drug-likeness (QED) is 0.564. The van der Waals surface area contributed by atoms with Crippen molar-refractivity contribution in [3.05, 3.63) is 56.4 Å². The Balaban J connectivity index is 1.68. The summed E-state index contributed by atoms with van der Waals surface area (Å²) in [6.45, 7) is 0.719. The first kappa shape index (κ1) is 18.8. The van der Waals surface area contributed by atoms with Gasteiger partial charge < -0.3 is 4.90 Å². The molecule has 3 rings (SSSR count). The molecule has 0 bridgehead atoms. The van der Waals surface area contributed by atoms with E-state index in [9.17, 15) is 23.3 Å². The third-order valence-electron chi connectivity index (χ3n) is 3.94. The minimum absolute atomic E-state index is 0.101. The summed E-state index contributed by atoms with van der Waals surface area (Å²) in [5.41, 5.74) is 0. The molecular weight excluding hydrogens is 402 g/mol. The van der Waals surface area contributed by atoms with Crippen molar-refractivity contribution in [1.29, 1.82) is 0 Å². The Morgan fingerprint density at radius 3 is 2.42 bits per heavy atom. The first-order valence-corrected chi connectivity index (χ1v) is 10.2. The maximum absolute atomic E-state index is 12.7. The highest BCUT2D eigenvalue weighted by Crippen LogP contribution is 2.26. The number of halogens is 1. The molecule has 0 radical (unpaired) electrons. The van der Waals surface area contributed by atoms with Gasteiger partial charge in [0.1, 0.15) is 0 Å². The van der Waals surface area contributed by atoms with E-state index in [1.54, 1.807) is 12.1 Å². The summed E-state index contributed by atoms with van der Waals surface area (Å²) in [5.74, 6) is -0.331. The molecule has 8 nitrogen and oxygen atoms in total. The number of thiophene rings is 1. The Morgan fingerprint density at radius 2 is 1.85 bits per heavy atom. The van der Waals surface area contributed by atoms with Crippen LogP contribution in [0.1, 0.15) is 9.67 Å². The Labute approximate surface area is 158 Å². The van der Waals surface area contributed by atoms with Crippen LogP contribution < -0.4 is 0 Å². The van der Waals surface area contributed by atoms with Crippen LogP contribution in [0.15, 0.2) is 41.3 Å². The zero-order valence-corrected chi connectivity index (χ0v) is 15.8. The molecule has 1 aliphatic heterocycles. The summed E-state index contributed by atoms with van der Waals surface area (Å²) in [6, 6.07) is 8.73. The number of hydrogen-bond acceptors (Lipinski definition) is 6. The second-order valence-corrected chi connectivity index (χ2v) is 8.99. The van der Waals surface area contributed by atoms with Crippen LogP contribution in [0.5, 0.6) is 0 Å². The van der Waals surface area contributed by atoms with Crippen molar-refractivity contribution in [3.8, 4) is 0 Å². The largest absolute Gasteiger partial charge is 0.335 e. The second-order valence-electron chi connectivity index (χ2n) is 5.55. The van der Waals surface area contributed by atoms with Gasteiger partial charge in [-0.2, -0.15) is 4.31 Å². The summed E-state index contributed by atoms with van der Waals surface area (Å²) in [7, 11) is -3.68. The van der Waals surface area contributed by atoms with Gasteiger partial charge in [-0.25, -0.2) is 8.42 Å². The lowest BCUT2D eigenvalue weighted by Gasteiger charge is -2.33. The zero-order valence-electron chi connectivity index (χ0n) is 13.4. The number of rotatable bonds is 4. The molecule has 1 amide bonds. The molecule has 11 heteroatoms. The molecule has 0 atom stereocenters. The van der Waals surface area contributed by atoms with Crippen LogP contribution in [0.4, 0.5) is 5.00 Å². The maximum atomic E-state index is 12.7. The summed E-state index contributed by atoms with van der Waals surface area (Å²) in [5, 5.41) is 11.0. The smallest absolute Gasteiger partial charge is 0.324 e. The van der Waals surface area contributed by atoms with Crippen LogP contribution in [0.3, 0.4) is 0 Å². The van der Waals surface area contributed by atoms with Crippen LogP contribution in [-0.4, -0.2) is 54.6 Å². The van der Waals surface area contributed by atoms with E-state index >= 15 is 0 Å². The number of carbonyl (C=O) groups excluding carboxylic acids is 1. The molecule has 0 spiro atoms. The van der Waals surface area contributed by atoms with E-state index in [1.807, 2.05) is 0 Å². The summed E-state index contributed by atoms with van der Waals surface area (Å²) >= 11 is 6.67. The van der Waals surface area contributed by atoms with Crippen molar-refractivity contribution < 1.29 is 18.1 Å². The third kappa shape index (κ3) is 3.73. The van der Waals surface area contributed by atoms with Gasteiger partial charge >= 0.3 is 5.00 Å². The van der Waals surface area contributed by atoms with E-state index in [0.717, 1.165) is 11.3 Å². The fraction of sp³-hybridized carbons (Fsp3) is 0.267. The molecule has 26 heavy (non-hydrogen) atoms. The molecule has 0 saturated carbocycles. The van der Waals surface area contributed by atoms with Crippen molar-refractivity contribution >= 4 is 43.9 Å². The van der Waals surface area contributed by atoms with Gasteiger partial charge in [-0.15, -0.1) is 0 Å². The van der Waals surface area contributed by atoms with E-state index in [-0.39, 0.29) is 46.9 Å². The summed E-state index contributed by atoms with van der Waals surface area (Å²) in [4.78, 5) is 24.5. The highest BCUT2D eigenvalue weighted by atomic mass is 35.5. The predicted octanol–water partition coefficient (Wildman–Crippen LogP) is 2.46. The van der Waals surface area contributed by atoms with Gasteiger partial charge in [0, 0.05) is 37.3 Å². The molecule has 1 aromatic carbocycles. The molecule has 2 heterocycles. The summed E-state index contributed by atoms with van der Waals surface area (Å²) < 4.78 is 26.6. The number of amides is 1. The minimum atomic E-state index is -3.68. The minimum Gasteiger partial charge on any atom is -0.335 e. The van der Waals surface area contributed by atoms with E-state index in [4.69, 9.17) is 11.6 Å². The van der Waals surface area contributed by atoms with Gasteiger partial charge in [0.05, 0.1) is 14.7 Å². The number of nitrogens with zero attached hydrogens (tertiary/aromatic N) is 3. The maximum Gasteiger partial charge on any atom is 0.324 e. The average molecular weight is 416 g/mol. The van der Waals surface area contributed by atoms with Crippen molar-refractivity contribution in [3.63, 3.8) is 0 Å². The first-order valence-electron chi connectivity index (χ1n) is 7.58. The van der Waals surface area contributed by atoms with Gasteiger partial charge in [0.25, 0.3) is 5.91 Å². The SMILES string of the molecule is O=C(c1ccc([N+](=O)[O-])s1)N1CCN(S(=O)(=O)c2cccc(Cl)c2)CC1. The standard InChI is InChI=1S/C15H14ClN3O5S2/c16-11-2-1-3-12(10-11)26(23,24)18-8-6-17(7-9-18)15(20)13-4-5-14(25-13)19(21)22/h1-5,10H,6-9H2. The van der Waals surface area contributed by atoms with Gasteiger partial charge in [0.15, 0.2) is 0 Å². The Hall–Kier alpha value is -2.01. The van der Waals surface area contributed by atoms with E-state index in [1.165, 1.54) is 33.5 Å². The molecular formula is C15H14ClN3O5S2. The second kappa shape index (κ2) is 7.31. The van der Waals surface area contributed by atoms with Crippen molar-refractivity contribution in [2.24, 2.45) is 0 Å². The zero-order chi connectivity index (χ0) is 18.9. The lowest BCUT2D eigenvalue weighted by Crippen LogP contribution is -2.50. The number of hydrogen-bond donors (Lipinski definition) is 0. The van der Waals surface area contributed by atoms with E-state index in [0.29, 0.717) is 5.02 Å². The topological polar surface area (TPSA) is 101 Å². The van der Waals surface area contributed by atoms with E-state index in [2.05, 4.69) is 0 Å². The molecule has 1 saturated heterocycles. The molecule has 0 unspecified atom stereocenters. The lowest BCUT2D eigenvalue weighted by atomic mass is 10.3. The Morgan fingerprint density at radius 1 is 1.15 bits per heavy atom. The monoisotopic (exact) mass is 415 g/mol. The first-order chi connectivity index (χ1) is 12.3. The van der Waals surface area contributed by atoms with Gasteiger partial charge in [-0.1, -0.05) is 29.0 Å². The Bertz CT molecular complexity index is 952. The number of sulfonamides is 1. The van der Waals surface area contributed by atoms with Gasteiger partial charge in [-0.3, -0.25) is 14.9 Å². The number of nitro groups is 1. The Kier molecular flexibility index (Phi) is 5.28. The number of carbonyl (C=O) groups is 1. The molecule has 1 aromatic heterocycles. The van der Waals surface area contributed by atoms with Crippen LogP contribution in [0.2, 0.25) is 5.02 Å². The fourth-order valence-electron chi connectivity index (χ4n) is 2.60. The van der Waals surface area contributed by atoms with Crippen molar-refractivity contribution in [2.75, 3.05) is 26.2 Å². The van der Waals surface area contributed by atoms with Crippen molar-refractivity contribution in [2.45, 2.75) is 4.90 Å². The molecule has 1 fully saturated rings. The number of piperazine rings is 1. The molecule has 138 valence electrons. The fourth-order valence-corrected chi connectivity index (χ4v) is 5.12. The molecule has 0 N–H and O–H groups in total. The van der Waals surface area contributed by atoms with Gasteiger partial charge in [0.2, 0.25) is 10.0 Å². The lowest BCUT2D eigenvalue weighted by molar-refractivity contribution is -0.380. The molecule has 1 aliphatic rings. The highest BCUT2D eigenvalue weighted by Gasteiger charge is 2.31. The number of benzene rings is 1. The van der Waals surface area contributed by atoms with Crippen LogP contribution in [0.25, 0.3) is 0 Å². The molecule has 2 aromatic rings. The molecule has 0 aliphatic carbocycles.